The Morgan fingerprint density at radius 1 is 1.56 bits per heavy atom. The van der Waals surface area contributed by atoms with E-state index in [1.807, 2.05) is 24.3 Å². The summed E-state index contributed by atoms with van der Waals surface area (Å²) in [6, 6.07) is 7.88. The van der Waals surface area contributed by atoms with Crippen LogP contribution < -0.4 is 0 Å². The zero-order valence-electron chi connectivity index (χ0n) is 8.89. The summed E-state index contributed by atoms with van der Waals surface area (Å²) >= 11 is 3.98. The van der Waals surface area contributed by atoms with Gasteiger partial charge < -0.3 is 9.47 Å². The zero-order valence-corrected chi connectivity index (χ0v) is 9.78. The maximum Gasteiger partial charge on any atom is 0.310 e. The van der Waals surface area contributed by atoms with Crippen molar-refractivity contribution in [2.45, 2.75) is 12.5 Å². The highest BCUT2D eigenvalue weighted by molar-refractivity contribution is 7.80. The molecule has 1 fully saturated rings. The Morgan fingerprint density at radius 3 is 3.06 bits per heavy atom. The van der Waals surface area contributed by atoms with Crippen molar-refractivity contribution in [2.75, 3.05) is 19.0 Å². The van der Waals surface area contributed by atoms with Crippen molar-refractivity contribution in [3.05, 3.63) is 35.4 Å². The topological polar surface area (TPSA) is 38.8 Å². The third-order valence-electron chi connectivity index (χ3n) is 2.36. The average Bonchev–Trinajstić information content (AvgIpc) is 3.10. The van der Waals surface area contributed by atoms with Crippen LogP contribution in [0.2, 0.25) is 0 Å². The summed E-state index contributed by atoms with van der Waals surface area (Å²) in [5.41, 5.74) is 2.11. The van der Waals surface area contributed by atoms with Gasteiger partial charge in [-0.2, -0.15) is 12.6 Å². The Hall–Kier alpha value is -1.000. The fraction of sp³-hybridized carbons (Fsp3) is 0.417. The summed E-state index contributed by atoms with van der Waals surface area (Å²) in [5, 5.41) is 0. The lowest BCUT2D eigenvalue weighted by molar-refractivity contribution is -0.142. The summed E-state index contributed by atoms with van der Waals surface area (Å²) in [6.07, 6.45) is 0.544. The predicted octanol–water partition coefficient (Wildman–Crippen LogP) is 1.77. The number of epoxide rings is 1. The third kappa shape index (κ3) is 3.25. The number of rotatable bonds is 5. The average molecular weight is 238 g/mol. The summed E-state index contributed by atoms with van der Waals surface area (Å²) in [6.45, 7) is 1.15. The minimum atomic E-state index is -0.206. The van der Waals surface area contributed by atoms with Gasteiger partial charge in [0.1, 0.15) is 12.7 Å². The molecule has 0 spiro atoms. The Morgan fingerprint density at radius 2 is 2.38 bits per heavy atom. The van der Waals surface area contributed by atoms with Gasteiger partial charge in [0.15, 0.2) is 0 Å². The fourth-order valence-corrected chi connectivity index (χ4v) is 1.61. The molecule has 1 saturated heterocycles. The van der Waals surface area contributed by atoms with E-state index in [9.17, 15) is 4.79 Å². The van der Waals surface area contributed by atoms with Crippen molar-refractivity contribution in [1.29, 1.82) is 0 Å². The van der Waals surface area contributed by atoms with E-state index in [2.05, 4.69) is 12.6 Å². The number of esters is 1. The smallest absolute Gasteiger partial charge is 0.310 e. The first kappa shape index (κ1) is 11.5. The van der Waals surface area contributed by atoms with Crippen molar-refractivity contribution in [3.63, 3.8) is 0 Å². The second-order valence-corrected chi connectivity index (χ2v) is 4.14. The maximum absolute atomic E-state index is 11.4. The standard InChI is InChI=1S/C12H14O3S/c13-12(14-4-5-16)7-9-2-1-3-10(6-9)11-8-15-11/h1-3,6,11,16H,4-5,7-8H2. The van der Waals surface area contributed by atoms with Crippen LogP contribution in [0.15, 0.2) is 24.3 Å². The second kappa shape index (κ2) is 5.37. The van der Waals surface area contributed by atoms with Crippen LogP contribution in [0.1, 0.15) is 17.2 Å². The van der Waals surface area contributed by atoms with Gasteiger partial charge >= 0.3 is 5.97 Å². The van der Waals surface area contributed by atoms with E-state index in [0.717, 1.165) is 17.7 Å². The Kier molecular flexibility index (Phi) is 3.85. The summed E-state index contributed by atoms with van der Waals surface area (Å²) < 4.78 is 10.2. The van der Waals surface area contributed by atoms with Gasteiger partial charge in [0.05, 0.1) is 13.0 Å². The molecular weight excluding hydrogens is 224 g/mol. The maximum atomic E-state index is 11.4. The summed E-state index contributed by atoms with van der Waals surface area (Å²) in [5.74, 6) is 0.352. The zero-order chi connectivity index (χ0) is 11.4. The van der Waals surface area contributed by atoms with Crippen molar-refractivity contribution in [3.8, 4) is 0 Å². The number of thiol groups is 1. The molecule has 1 atom stereocenters. The monoisotopic (exact) mass is 238 g/mol. The van der Waals surface area contributed by atoms with Crippen molar-refractivity contribution in [1.82, 2.24) is 0 Å². The molecule has 1 heterocycles. The fourth-order valence-electron chi connectivity index (χ4n) is 1.52. The first-order chi connectivity index (χ1) is 7.79. The van der Waals surface area contributed by atoms with Crippen LogP contribution in [0.4, 0.5) is 0 Å². The molecule has 3 nitrogen and oxygen atoms in total. The van der Waals surface area contributed by atoms with Crippen molar-refractivity contribution >= 4 is 18.6 Å². The largest absolute Gasteiger partial charge is 0.465 e. The predicted molar refractivity (Wildman–Crippen MR) is 63.7 cm³/mol. The molecule has 1 aromatic rings. The number of hydrogen-bond donors (Lipinski definition) is 1. The first-order valence-corrected chi connectivity index (χ1v) is 5.90. The quantitative estimate of drug-likeness (QED) is 0.483. The van der Waals surface area contributed by atoms with Crippen LogP contribution in [-0.2, 0) is 20.7 Å². The van der Waals surface area contributed by atoms with Crippen molar-refractivity contribution in [2.24, 2.45) is 0 Å². The molecule has 1 aliphatic heterocycles. The lowest BCUT2D eigenvalue weighted by Crippen LogP contribution is -2.09. The molecule has 0 saturated carbocycles. The molecule has 0 N–H and O–H groups in total. The second-order valence-electron chi connectivity index (χ2n) is 3.69. The van der Waals surface area contributed by atoms with Crippen molar-refractivity contribution < 1.29 is 14.3 Å². The van der Waals surface area contributed by atoms with Gasteiger partial charge in [-0.15, -0.1) is 0 Å². The molecule has 0 aliphatic carbocycles. The number of hydrogen-bond acceptors (Lipinski definition) is 4. The van der Waals surface area contributed by atoms with Gasteiger partial charge in [0.25, 0.3) is 0 Å². The molecule has 1 aliphatic rings. The first-order valence-electron chi connectivity index (χ1n) is 5.26. The van der Waals surface area contributed by atoms with Crippen LogP contribution in [0.3, 0.4) is 0 Å². The number of carbonyl (C=O) groups is 1. The minimum Gasteiger partial charge on any atom is -0.465 e. The van der Waals surface area contributed by atoms with Crippen LogP contribution in [0.25, 0.3) is 0 Å². The van der Waals surface area contributed by atoms with E-state index in [1.54, 1.807) is 0 Å². The molecule has 2 rings (SSSR count). The normalized spacial score (nSPS) is 18.2. The van der Waals surface area contributed by atoms with Crippen LogP contribution in [0, 0.1) is 0 Å². The summed E-state index contributed by atoms with van der Waals surface area (Å²) in [4.78, 5) is 11.4. The van der Waals surface area contributed by atoms with E-state index in [1.165, 1.54) is 0 Å². The van der Waals surface area contributed by atoms with E-state index in [4.69, 9.17) is 9.47 Å². The van der Waals surface area contributed by atoms with E-state index < -0.39 is 0 Å². The number of benzene rings is 1. The van der Waals surface area contributed by atoms with E-state index >= 15 is 0 Å². The van der Waals surface area contributed by atoms with Gasteiger partial charge in [-0.25, -0.2) is 0 Å². The Bertz CT molecular complexity index is 374. The van der Waals surface area contributed by atoms with Gasteiger partial charge in [-0.1, -0.05) is 24.3 Å². The minimum absolute atomic E-state index is 0.206. The molecule has 0 aromatic heterocycles. The van der Waals surface area contributed by atoms with Crippen LogP contribution in [0.5, 0.6) is 0 Å². The van der Waals surface area contributed by atoms with Gasteiger partial charge in [0.2, 0.25) is 0 Å². The number of ether oxygens (including phenoxy) is 2. The highest BCUT2D eigenvalue weighted by Crippen LogP contribution is 2.29. The van der Waals surface area contributed by atoms with Crippen LogP contribution >= 0.6 is 12.6 Å². The molecular formula is C12H14O3S. The summed E-state index contributed by atoms with van der Waals surface area (Å²) in [7, 11) is 0. The van der Waals surface area contributed by atoms with E-state index in [-0.39, 0.29) is 12.1 Å². The highest BCUT2D eigenvalue weighted by Gasteiger charge is 2.24. The van der Waals surface area contributed by atoms with E-state index in [0.29, 0.717) is 18.8 Å². The van der Waals surface area contributed by atoms with Gasteiger partial charge in [-0.3, -0.25) is 4.79 Å². The Balaban J connectivity index is 1.92. The lowest BCUT2D eigenvalue weighted by Gasteiger charge is -2.04. The Labute approximate surface area is 100 Å². The highest BCUT2D eigenvalue weighted by atomic mass is 32.1. The van der Waals surface area contributed by atoms with Gasteiger partial charge in [-0.05, 0) is 11.1 Å². The third-order valence-corrected chi connectivity index (χ3v) is 2.54. The molecule has 0 radical (unpaired) electrons. The van der Waals surface area contributed by atoms with Gasteiger partial charge in [0, 0.05) is 5.75 Å². The number of carbonyl (C=O) groups excluding carboxylic acids is 1. The molecule has 1 unspecified atom stereocenters. The molecule has 86 valence electrons. The molecule has 0 amide bonds. The molecule has 0 bridgehead atoms. The molecule has 4 heteroatoms. The molecule has 1 aromatic carbocycles. The van der Waals surface area contributed by atoms with Crippen LogP contribution in [-0.4, -0.2) is 24.9 Å². The molecule has 16 heavy (non-hydrogen) atoms. The SMILES string of the molecule is O=C(Cc1cccc(C2CO2)c1)OCCS. The lowest BCUT2D eigenvalue weighted by atomic mass is 10.1.